The summed E-state index contributed by atoms with van der Waals surface area (Å²) in [5, 5.41) is 10.2. The van der Waals surface area contributed by atoms with E-state index >= 15 is 0 Å². The number of aliphatic hydroxyl groups is 1. The van der Waals surface area contributed by atoms with E-state index < -0.39 is 40.7 Å². The van der Waals surface area contributed by atoms with Crippen molar-refractivity contribution in [2.45, 2.75) is 87.2 Å². The van der Waals surface area contributed by atoms with Crippen LogP contribution in [0, 0.1) is 0 Å². The molecule has 2 aromatic rings. The molecule has 1 aliphatic heterocycles. The van der Waals surface area contributed by atoms with Crippen LogP contribution in [0.25, 0.3) is 11.2 Å². The summed E-state index contributed by atoms with van der Waals surface area (Å²) in [6.07, 6.45) is -0.431. The van der Waals surface area contributed by atoms with Gasteiger partial charge in [0.2, 0.25) is 0 Å². The number of anilines is 1. The Balaban J connectivity index is 0.000000820. The summed E-state index contributed by atoms with van der Waals surface area (Å²) in [7, 11) is -10.8. The number of phosphoric acid groups is 2. The normalized spacial score (nSPS) is 20.1. The molecular weight excluding hydrogens is 654 g/mol. The lowest BCUT2D eigenvalue weighted by Crippen LogP contribution is -3.11. The van der Waals surface area contributed by atoms with E-state index in [0.717, 1.165) is 0 Å². The molecule has 0 aromatic carbocycles. The molecule has 3 rings (SSSR count). The fourth-order valence-corrected chi connectivity index (χ4v) is 6.27. The fraction of sp³-hybridized carbons (Fsp3) is 0.821. The lowest BCUT2D eigenvalue weighted by Gasteiger charge is -2.28. The number of nitrogen functional groups attached to an aromatic ring is 1. The van der Waals surface area contributed by atoms with Crippen LogP contribution in [0.5, 0.6) is 0 Å². The van der Waals surface area contributed by atoms with E-state index in [1.807, 2.05) is 0 Å². The Bertz CT molecular complexity index is 1150. The summed E-state index contributed by atoms with van der Waals surface area (Å²) in [5.74, 6) is 0.136. The molecule has 17 nitrogen and oxygen atoms in total. The van der Waals surface area contributed by atoms with Gasteiger partial charge in [0, 0.05) is 6.42 Å². The van der Waals surface area contributed by atoms with Crippen LogP contribution in [0.2, 0.25) is 0 Å². The Hall–Kier alpha value is -1.59. The highest BCUT2D eigenvalue weighted by molar-refractivity contribution is 7.59. The number of imidazole rings is 1. The third-order valence-corrected chi connectivity index (χ3v) is 10.0. The molecule has 0 spiro atoms. The molecule has 0 amide bonds. The van der Waals surface area contributed by atoms with Crippen LogP contribution < -0.4 is 30.2 Å². The van der Waals surface area contributed by atoms with Gasteiger partial charge in [0.05, 0.1) is 77.9 Å². The number of nitrogens with two attached hydrogens (primary N) is 1. The first-order chi connectivity index (χ1) is 22.1. The van der Waals surface area contributed by atoms with Crippen molar-refractivity contribution in [2.75, 3.05) is 71.2 Å². The van der Waals surface area contributed by atoms with Crippen molar-refractivity contribution in [3.05, 3.63) is 12.7 Å². The predicted octanol–water partition coefficient (Wildman–Crippen LogP) is -2.19. The molecule has 47 heavy (non-hydrogen) atoms. The molecule has 2 unspecified atom stereocenters. The van der Waals surface area contributed by atoms with Crippen LogP contribution >= 0.6 is 15.6 Å². The largest absolute Gasteiger partial charge is 0.756 e. The van der Waals surface area contributed by atoms with Crippen LogP contribution in [-0.2, 0) is 22.7 Å². The molecule has 1 saturated heterocycles. The van der Waals surface area contributed by atoms with Crippen LogP contribution in [0.3, 0.4) is 0 Å². The molecular formula is C28H61N8O9P2+. The maximum Gasteiger partial charge on any atom is 0.274 e. The second-order valence-corrected chi connectivity index (χ2v) is 13.5. The lowest BCUT2D eigenvalue weighted by atomic mass is 10.2. The summed E-state index contributed by atoms with van der Waals surface area (Å²) in [6.45, 7) is 30.8. The number of fused-ring (bicyclic) bond motifs is 1. The van der Waals surface area contributed by atoms with E-state index in [4.69, 9.17) is 15.4 Å². The van der Waals surface area contributed by atoms with E-state index in [-0.39, 0.29) is 12.2 Å². The van der Waals surface area contributed by atoms with Gasteiger partial charge in [-0.3, -0.25) is 13.7 Å². The zero-order valence-corrected chi connectivity index (χ0v) is 31.5. The Morgan fingerprint density at radius 1 is 0.872 bits per heavy atom. The molecule has 276 valence electrons. The summed E-state index contributed by atoms with van der Waals surface area (Å²) >= 11 is 0. The van der Waals surface area contributed by atoms with Gasteiger partial charge in [-0.15, -0.1) is 0 Å². The van der Waals surface area contributed by atoms with Gasteiger partial charge in [-0.2, -0.15) is 0 Å². The fourth-order valence-electron chi connectivity index (χ4n) is 4.72. The van der Waals surface area contributed by atoms with Crippen molar-refractivity contribution in [2.24, 2.45) is 0 Å². The lowest BCUT2D eigenvalue weighted by molar-refractivity contribution is -0.894. The summed E-state index contributed by atoms with van der Waals surface area (Å²) < 4.78 is 36.5. The molecule has 0 radical (unpaired) electrons. The minimum Gasteiger partial charge on any atom is -0.756 e. The maximum atomic E-state index is 11.3. The van der Waals surface area contributed by atoms with Crippen LogP contribution in [0.1, 0.15) is 75.0 Å². The number of rotatable bonds is 15. The van der Waals surface area contributed by atoms with Crippen molar-refractivity contribution in [1.82, 2.24) is 19.5 Å². The van der Waals surface area contributed by atoms with E-state index in [9.17, 15) is 24.0 Å². The summed E-state index contributed by atoms with van der Waals surface area (Å²) in [4.78, 5) is 47.0. The zero-order valence-electron chi connectivity index (χ0n) is 29.7. The Morgan fingerprint density at radius 2 is 1.32 bits per heavy atom. The number of hydrogen-bond acceptors (Lipinski definition) is 12. The van der Waals surface area contributed by atoms with Gasteiger partial charge in [0.25, 0.3) is 15.6 Å². The van der Waals surface area contributed by atoms with Crippen LogP contribution in [0.4, 0.5) is 5.82 Å². The van der Waals surface area contributed by atoms with Gasteiger partial charge >= 0.3 is 0 Å². The van der Waals surface area contributed by atoms with Gasteiger partial charge < -0.3 is 49.5 Å². The molecule has 5 atom stereocenters. The van der Waals surface area contributed by atoms with Crippen molar-refractivity contribution in [3.8, 4) is 0 Å². The highest BCUT2D eigenvalue weighted by Crippen LogP contribution is 2.52. The molecule has 19 heteroatoms. The zero-order chi connectivity index (χ0) is 36.2. The van der Waals surface area contributed by atoms with Gasteiger partial charge in [-0.05, 0) is 62.3 Å². The number of nitrogens with zero attached hydrogens (tertiary/aromatic N) is 4. The van der Waals surface area contributed by atoms with Crippen LogP contribution in [-0.4, -0.2) is 107 Å². The number of quaternary nitrogens is 3. The minimum absolute atomic E-state index is 0.0287. The second-order valence-electron chi connectivity index (χ2n) is 10.8. The highest BCUT2D eigenvalue weighted by atomic mass is 31.3. The van der Waals surface area contributed by atoms with E-state index in [2.05, 4.69) is 86.1 Å². The predicted molar refractivity (Wildman–Crippen MR) is 176 cm³/mol. The SMILES string of the molecule is CC[NH+](CC)CC.CC[NH+](CC)CC.CC[NH+](CC)CC.Nc1ncnc2c1ncn2[C@@H]1O[C@H](COP(=O)([O-])OP(=O)([O-])O)C[C@H]1O. The number of hydrogen-bond donors (Lipinski definition) is 6. The first kappa shape index (κ1) is 45.4. The molecule has 0 bridgehead atoms. The van der Waals surface area contributed by atoms with Crippen LogP contribution in [0.15, 0.2) is 12.7 Å². The molecule has 3 heterocycles. The average Bonchev–Trinajstić information content (AvgIpc) is 3.62. The number of aromatic nitrogens is 4. The van der Waals surface area contributed by atoms with E-state index in [0.29, 0.717) is 11.2 Å². The molecule has 7 N–H and O–H groups in total. The smallest absolute Gasteiger partial charge is 0.274 e. The molecule has 2 aromatic heterocycles. The van der Waals surface area contributed by atoms with Crippen molar-refractivity contribution in [1.29, 1.82) is 0 Å². The summed E-state index contributed by atoms with van der Waals surface area (Å²) in [5.41, 5.74) is 6.28. The van der Waals surface area contributed by atoms with Gasteiger partial charge in [-0.1, -0.05) is 0 Å². The number of aliphatic hydroxyl groups excluding tert-OH is 1. The third-order valence-electron chi connectivity index (χ3n) is 7.95. The number of ether oxygens (including phenoxy) is 1. The average molecular weight is 716 g/mol. The van der Waals surface area contributed by atoms with E-state index in [1.165, 1.54) is 76.1 Å². The quantitative estimate of drug-likeness (QED) is 0.108. The Morgan fingerprint density at radius 3 is 1.70 bits per heavy atom. The first-order valence-corrected chi connectivity index (χ1v) is 19.5. The standard InChI is InChI=1S/C10H15N5O9P2.3C6H15N/c11-8-7-9(13-3-12-8)15(4-14-7)10-6(16)1-5(23-10)2-22-26(20,21)24-25(17,18)19;3*1-4-7(5-2)6-3/h3-6,10,16H,1-2H2,(H,20,21)(H2,11,12,13)(H2,17,18,19);3*4-6H2,1-3H3/p+1/t5-,6+,10+;;;/m0.../s1. The van der Waals surface area contributed by atoms with Gasteiger partial charge in [0.1, 0.15) is 17.9 Å². The number of phosphoric ester groups is 1. The van der Waals surface area contributed by atoms with Gasteiger partial charge in [-0.25, -0.2) is 19.3 Å². The molecule has 0 aliphatic carbocycles. The molecule has 0 saturated carbocycles. The molecule has 1 aliphatic rings. The Labute approximate surface area is 280 Å². The van der Waals surface area contributed by atoms with Crippen molar-refractivity contribution in [3.63, 3.8) is 0 Å². The second kappa shape index (κ2) is 23.7. The topological polar surface area (TPSA) is 231 Å². The van der Waals surface area contributed by atoms with Gasteiger partial charge in [0.15, 0.2) is 17.7 Å². The maximum absolute atomic E-state index is 11.3. The molecule has 1 fully saturated rings. The number of nitrogens with one attached hydrogen (secondary N) is 3. The van der Waals surface area contributed by atoms with Crippen molar-refractivity contribution < 1.29 is 57.2 Å². The monoisotopic (exact) mass is 715 g/mol. The first-order valence-electron chi connectivity index (χ1n) is 16.6. The Kier molecular flexibility index (Phi) is 22.9. The van der Waals surface area contributed by atoms with Crippen molar-refractivity contribution >= 4 is 32.6 Å². The third kappa shape index (κ3) is 17.6. The minimum atomic E-state index is -5.52. The highest BCUT2D eigenvalue weighted by Gasteiger charge is 2.37. The summed E-state index contributed by atoms with van der Waals surface area (Å²) in [6, 6.07) is 0. The van der Waals surface area contributed by atoms with E-state index in [1.54, 1.807) is 14.7 Å².